The molecule has 0 bridgehead atoms. The first kappa shape index (κ1) is 16.1. The molecule has 0 radical (unpaired) electrons. The Morgan fingerprint density at radius 1 is 1.38 bits per heavy atom. The van der Waals surface area contributed by atoms with Gasteiger partial charge in [0.05, 0.1) is 6.61 Å². The van der Waals surface area contributed by atoms with Gasteiger partial charge < -0.3 is 15.4 Å². The summed E-state index contributed by atoms with van der Waals surface area (Å²) in [7, 11) is -1.59. The molecule has 1 atom stereocenters. The van der Waals surface area contributed by atoms with Crippen molar-refractivity contribution < 1.29 is 13.2 Å². The van der Waals surface area contributed by atoms with E-state index >= 15 is 0 Å². The van der Waals surface area contributed by atoms with Crippen molar-refractivity contribution in [1.29, 1.82) is 0 Å². The molecule has 1 fully saturated rings. The molecule has 2 N–H and O–H groups in total. The third-order valence-corrected chi connectivity index (χ3v) is 5.69. The molecule has 7 heteroatoms. The quantitative estimate of drug-likeness (QED) is 0.839. The van der Waals surface area contributed by atoms with Crippen LogP contribution in [0, 0.1) is 0 Å². The largest absolute Gasteiger partial charge is 0.492 e. The van der Waals surface area contributed by atoms with Crippen LogP contribution in [0.4, 0.5) is 5.69 Å². The second-order valence-electron chi connectivity index (χ2n) is 5.33. The third-order valence-electron chi connectivity index (χ3n) is 3.81. The van der Waals surface area contributed by atoms with Crippen LogP contribution in [0.25, 0.3) is 0 Å². The van der Waals surface area contributed by atoms with Crippen LogP contribution < -0.4 is 10.5 Å². The summed E-state index contributed by atoms with van der Waals surface area (Å²) in [6, 6.07) is 4.93. The van der Waals surface area contributed by atoms with Gasteiger partial charge in [-0.2, -0.15) is 4.31 Å². The number of sulfonamides is 1. The number of nitrogens with two attached hydrogens (primary N) is 1. The molecule has 1 aromatic carbocycles. The normalized spacial score (nSPS) is 21.4. The number of likely N-dealkylation sites (N-methyl/N-ethyl adjacent to an activating group) is 1. The number of nitrogen functional groups attached to an aromatic ring is 1. The minimum Gasteiger partial charge on any atom is -0.492 e. The number of piperazine rings is 1. The molecule has 0 spiro atoms. The van der Waals surface area contributed by atoms with Crippen LogP contribution >= 0.6 is 0 Å². The summed E-state index contributed by atoms with van der Waals surface area (Å²) in [6.07, 6.45) is 0. The van der Waals surface area contributed by atoms with Crippen LogP contribution in [-0.2, 0) is 10.0 Å². The van der Waals surface area contributed by atoms with Crippen LogP contribution in [0.2, 0.25) is 0 Å². The minimum atomic E-state index is -3.59. The number of rotatable bonds is 4. The van der Waals surface area contributed by atoms with Gasteiger partial charge in [-0.25, -0.2) is 8.42 Å². The molecule has 0 amide bonds. The van der Waals surface area contributed by atoms with E-state index in [4.69, 9.17) is 10.5 Å². The van der Waals surface area contributed by atoms with Gasteiger partial charge in [0.2, 0.25) is 10.0 Å². The number of nitrogens with zero attached hydrogens (tertiary/aromatic N) is 2. The van der Waals surface area contributed by atoms with E-state index in [0.717, 1.165) is 0 Å². The Morgan fingerprint density at radius 2 is 2.10 bits per heavy atom. The zero-order chi connectivity index (χ0) is 15.6. The number of anilines is 1. The fourth-order valence-electron chi connectivity index (χ4n) is 2.37. The molecule has 1 aliphatic rings. The average molecular weight is 313 g/mol. The van der Waals surface area contributed by atoms with Gasteiger partial charge in [-0.1, -0.05) is 0 Å². The number of benzene rings is 1. The highest BCUT2D eigenvalue weighted by Gasteiger charge is 2.32. The van der Waals surface area contributed by atoms with E-state index < -0.39 is 10.0 Å². The molecular formula is C14H23N3O3S. The lowest BCUT2D eigenvalue weighted by atomic mass is 10.2. The number of ether oxygens (including phenoxy) is 1. The molecule has 21 heavy (non-hydrogen) atoms. The van der Waals surface area contributed by atoms with Gasteiger partial charge >= 0.3 is 0 Å². The highest BCUT2D eigenvalue weighted by molar-refractivity contribution is 7.89. The van der Waals surface area contributed by atoms with E-state index in [1.807, 2.05) is 20.9 Å². The Hall–Kier alpha value is -1.31. The molecule has 2 rings (SSSR count). The summed E-state index contributed by atoms with van der Waals surface area (Å²) in [6.45, 7) is 5.91. The fourth-order valence-corrected chi connectivity index (χ4v) is 4.05. The lowest BCUT2D eigenvalue weighted by Gasteiger charge is -2.37. The van der Waals surface area contributed by atoms with Crippen molar-refractivity contribution in [2.45, 2.75) is 24.8 Å². The lowest BCUT2D eigenvalue weighted by molar-refractivity contribution is 0.159. The highest BCUT2D eigenvalue weighted by Crippen LogP contribution is 2.30. The zero-order valence-corrected chi connectivity index (χ0v) is 13.6. The first-order chi connectivity index (χ1) is 9.86. The predicted molar refractivity (Wildman–Crippen MR) is 82.9 cm³/mol. The third kappa shape index (κ3) is 3.30. The standard InChI is InChI=1S/C14H23N3O3S/c1-4-20-13-6-5-12(15)9-14(13)21(18,19)17-8-7-16(3)11(2)10-17/h5-6,9,11H,4,7-8,10,15H2,1-3H3. The Bertz CT molecular complexity index is 603. The molecular weight excluding hydrogens is 290 g/mol. The van der Waals surface area contributed by atoms with Gasteiger partial charge in [-0.3, -0.25) is 0 Å². The second-order valence-corrected chi connectivity index (χ2v) is 7.24. The topological polar surface area (TPSA) is 75.9 Å². The molecule has 1 aromatic rings. The summed E-state index contributed by atoms with van der Waals surface area (Å²) in [5.41, 5.74) is 6.17. The zero-order valence-electron chi connectivity index (χ0n) is 12.7. The smallest absolute Gasteiger partial charge is 0.246 e. The van der Waals surface area contributed by atoms with E-state index in [-0.39, 0.29) is 10.9 Å². The lowest BCUT2D eigenvalue weighted by Crippen LogP contribution is -2.51. The van der Waals surface area contributed by atoms with Crippen LogP contribution in [-0.4, -0.2) is 57.0 Å². The van der Waals surface area contributed by atoms with Gasteiger partial charge in [0, 0.05) is 31.4 Å². The fraction of sp³-hybridized carbons (Fsp3) is 0.571. The van der Waals surface area contributed by atoms with Crippen molar-refractivity contribution in [2.24, 2.45) is 0 Å². The van der Waals surface area contributed by atoms with E-state index in [1.54, 1.807) is 12.1 Å². The molecule has 1 unspecified atom stereocenters. The molecule has 1 saturated heterocycles. The Kier molecular flexibility index (Phi) is 4.75. The highest BCUT2D eigenvalue weighted by atomic mass is 32.2. The summed E-state index contributed by atoms with van der Waals surface area (Å²) in [5.74, 6) is 0.360. The summed E-state index contributed by atoms with van der Waals surface area (Å²) < 4.78 is 32.7. The Labute approximate surface area is 126 Å². The van der Waals surface area contributed by atoms with Crippen LogP contribution in [0.1, 0.15) is 13.8 Å². The summed E-state index contributed by atoms with van der Waals surface area (Å²) >= 11 is 0. The molecule has 0 saturated carbocycles. The van der Waals surface area contributed by atoms with Gasteiger partial charge in [-0.15, -0.1) is 0 Å². The first-order valence-electron chi connectivity index (χ1n) is 7.09. The van der Waals surface area contributed by atoms with E-state index in [1.165, 1.54) is 10.4 Å². The Morgan fingerprint density at radius 3 is 2.71 bits per heavy atom. The molecule has 0 aromatic heterocycles. The van der Waals surface area contributed by atoms with Crippen molar-refractivity contribution in [1.82, 2.24) is 9.21 Å². The Balaban J connectivity index is 2.37. The molecule has 1 heterocycles. The maximum absolute atomic E-state index is 12.9. The molecule has 6 nitrogen and oxygen atoms in total. The minimum absolute atomic E-state index is 0.154. The molecule has 118 valence electrons. The maximum Gasteiger partial charge on any atom is 0.246 e. The van der Waals surface area contributed by atoms with Gasteiger partial charge in [0.25, 0.3) is 0 Å². The molecule has 1 aliphatic heterocycles. The van der Waals surface area contributed by atoms with E-state index in [0.29, 0.717) is 37.7 Å². The van der Waals surface area contributed by atoms with Crippen molar-refractivity contribution in [3.05, 3.63) is 18.2 Å². The van der Waals surface area contributed by atoms with Crippen molar-refractivity contribution in [3.8, 4) is 5.75 Å². The molecule has 0 aliphatic carbocycles. The summed E-state index contributed by atoms with van der Waals surface area (Å²) in [5, 5.41) is 0. The summed E-state index contributed by atoms with van der Waals surface area (Å²) in [4.78, 5) is 2.30. The van der Waals surface area contributed by atoms with E-state index in [2.05, 4.69) is 4.90 Å². The average Bonchev–Trinajstić information content (AvgIpc) is 2.44. The van der Waals surface area contributed by atoms with Crippen molar-refractivity contribution in [2.75, 3.05) is 39.0 Å². The maximum atomic E-state index is 12.9. The first-order valence-corrected chi connectivity index (χ1v) is 8.53. The predicted octanol–water partition coefficient (Wildman–Crippen LogP) is 0.992. The van der Waals surface area contributed by atoms with Gasteiger partial charge in [-0.05, 0) is 39.1 Å². The van der Waals surface area contributed by atoms with Crippen LogP contribution in [0.5, 0.6) is 5.75 Å². The van der Waals surface area contributed by atoms with Crippen molar-refractivity contribution in [3.63, 3.8) is 0 Å². The SMILES string of the molecule is CCOc1ccc(N)cc1S(=O)(=O)N1CCN(C)C(C)C1. The van der Waals surface area contributed by atoms with Crippen molar-refractivity contribution >= 4 is 15.7 Å². The second kappa shape index (κ2) is 6.21. The monoisotopic (exact) mass is 313 g/mol. The number of hydrogen-bond donors (Lipinski definition) is 1. The van der Waals surface area contributed by atoms with Crippen LogP contribution in [0.3, 0.4) is 0 Å². The van der Waals surface area contributed by atoms with Crippen LogP contribution in [0.15, 0.2) is 23.1 Å². The van der Waals surface area contributed by atoms with Gasteiger partial charge in [0.1, 0.15) is 10.6 Å². The van der Waals surface area contributed by atoms with E-state index in [9.17, 15) is 8.42 Å². The number of hydrogen-bond acceptors (Lipinski definition) is 5. The van der Waals surface area contributed by atoms with Gasteiger partial charge in [0.15, 0.2) is 0 Å².